The topological polar surface area (TPSA) is 104 Å². The van der Waals surface area contributed by atoms with Crippen LogP contribution in [0.2, 0.25) is 0 Å². The van der Waals surface area contributed by atoms with Crippen LogP contribution in [0.5, 0.6) is 0 Å². The van der Waals surface area contributed by atoms with E-state index in [0.717, 1.165) is 13.0 Å². The lowest BCUT2D eigenvalue weighted by Crippen LogP contribution is -1.95. The third-order valence-corrected chi connectivity index (χ3v) is 2.69. The Bertz CT molecular complexity index is 530. The number of aliphatic hydroxyl groups is 1. The number of ether oxygens (including phenoxy) is 1. The number of rotatable bonds is 6. The summed E-state index contributed by atoms with van der Waals surface area (Å²) in [6, 6.07) is 16.6. The third-order valence-electron chi connectivity index (χ3n) is 2.69. The molecule has 136 valence electrons. The van der Waals surface area contributed by atoms with Crippen LogP contribution < -0.4 is 0 Å². The second-order valence-electron chi connectivity index (χ2n) is 4.62. The van der Waals surface area contributed by atoms with Gasteiger partial charge in [-0.15, -0.1) is 0 Å². The van der Waals surface area contributed by atoms with Crippen molar-refractivity contribution >= 4 is 11.9 Å². The van der Waals surface area contributed by atoms with Crippen molar-refractivity contribution in [3.8, 4) is 0 Å². The highest BCUT2D eigenvalue weighted by Gasteiger charge is 1.97. The van der Waals surface area contributed by atoms with Crippen molar-refractivity contribution in [1.82, 2.24) is 0 Å². The maximum absolute atomic E-state index is 10.2. The Morgan fingerprint density at radius 2 is 1.24 bits per heavy atom. The van der Waals surface area contributed by atoms with Gasteiger partial charge in [0.1, 0.15) is 0 Å². The van der Waals surface area contributed by atoms with Gasteiger partial charge in [-0.3, -0.25) is 0 Å². The van der Waals surface area contributed by atoms with Crippen LogP contribution in [0.15, 0.2) is 60.7 Å². The number of carboxylic acid groups (broad SMARTS) is 2. The van der Waals surface area contributed by atoms with Crippen LogP contribution in [0.4, 0.5) is 0 Å². The molecule has 0 aliphatic rings. The Kier molecular flexibility index (Phi) is 13.3. The van der Waals surface area contributed by atoms with Gasteiger partial charge in [-0.25, -0.2) is 9.59 Å². The number of carbonyl (C=O) groups is 2. The van der Waals surface area contributed by atoms with Gasteiger partial charge in [-0.2, -0.15) is 0 Å². The minimum absolute atomic E-state index is 0.236. The molecule has 6 nitrogen and oxygen atoms in total. The highest BCUT2D eigenvalue weighted by atomic mass is 16.5. The summed E-state index contributed by atoms with van der Waals surface area (Å²) in [5, 5.41) is 25.0. The van der Waals surface area contributed by atoms with Crippen LogP contribution >= 0.6 is 0 Å². The number of hydrogen-bond donors (Lipinski definition) is 3. The lowest BCUT2D eigenvalue weighted by molar-refractivity contribution is 0.0686. The van der Waals surface area contributed by atoms with Crippen LogP contribution in [-0.2, 0) is 4.74 Å². The van der Waals surface area contributed by atoms with Crippen molar-refractivity contribution < 1.29 is 29.6 Å². The second-order valence-corrected chi connectivity index (χ2v) is 4.62. The number of aliphatic hydroxyl groups excluding tert-OH is 1. The molecule has 2 aromatic carbocycles. The minimum atomic E-state index is -0.879. The van der Waals surface area contributed by atoms with Gasteiger partial charge in [-0.05, 0) is 37.6 Å². The van der Waals surface area contributed by atoms with Gasteiger partial charge in [0, 0.05) is 19.8 Å². The average molecular weight is 348 g/mol. The molecule has 0 fully saturated rings. The first-order valence-corrected chi connectivity index (χ1v) is 7.78. The van der Waals surface area contributed by atoms with Crippen molar-refractivity contribution in [2.45, 2.75) is 13.3 Å². The highest BCUT2D eigenvalue weighted by molar-refractivity contribution is 5.87. The summed E-state index contributed by atoms with van der Waals surface area (Å²) in [7, 11) is 0. The zero-order chi connectivity index (χ0) is 18.9. The van der Waals surface area contributed by atoms with E-state index in [-0.39, 0.29) is 6.61 Å². The maximum atomic E-state index is 10.2. The van der Waals surface area contributed by atoms with Crippen LogP contribution in [0.25, 0.3) is 0 Å². The number of hydrogen-bond acceptors (Lipinski definition) is 4. The lowest BCUT2D eigenvalue weighted by atomic mass is 10.2. The maximum Gasteiger partial charge on any atom is 0.335 e. The molecular weight excluding hydrogens is 324 g/mol. The SMILES string of the molecule is CCOCCCO.O=C(O)c1ccccc1.O=C(O)c1ccccc1. The first kappa shape index (κ1) is 22.3. The first-order chi connectivity index (χ1) is 12.0. The predicted molar refractivity (Wildman–Crippen MR) is 95.0 cm³/mol. The zero-order valence-electron chi connectivity index (χ0n) is 14.2. The largest absolute Gasteiger partial charge is 0.478 e. The number of carboxylic acids is 2. The van der Waals surface area contributed by atoms with E-state index in [4.69, 9.17) is 20.1 Å². The fourth-order valence-corrected chi connectivity index (χ4v) is 1.47. The Labute approximate surface area is 147 Å². The fourth-order valence-electron chi connectivity index (χ4n) is 1.47. The van der Waals surface area contributed by atoms with Gasteiger partial charge in [0.2, 0.25) is 0 Å². The van der Waals surface area contributed by atoms with Gasteiger partial charge in [0.05, 0.1) is 11.1 Å². The summed E-state index contributed by atoms with van der Waals surface area (Å²) < 4.78 is 4.91. The van der Waals surface area contributed by atoms with E-state index in [1.807, 2.05) is 6.92 Å². The van der Waals surface area contributed by atoms with Crippen molar-refractivity contribution in [3.05, 3.63) is 71.8 Å². The fraction of sp³-hybridized carbons (Fsp3) is 0.263. The molecule has 0 aromatic heterocycles. The van der Waals surface area contributed by atoms with Crippen molar-refractivity contribution in [2.24, 2.45) is 0 Å². The molecular formula is C19H24O6. The van der Waals surface area contributed by atoms with E-state index >= 15 is 0 Å². The standard InChI is InChI=1S/2C7H6O2.C5H12O2/c2*8-7(9)6-4-2-1-3-5-6;1-2-7-5-3-4-6/h2*1-5H,(H,8,9);6H,2-5H2,1H3. The van der Waals surface area contributed by atoms with Crippen LogP contribution in [0.3, 0.4) is 0 Å². The Morgan fingerprint density at radius 3 is 1.48 bits per heavy atom. The molecule has 0 radical (unpaired) electrons. The van der Waals surface area contributed by atoms with E-state index in [9.17, 15) is 9.59 Å². The first-order valence-electron chi connectivity index (χ1n) is 7.78. The zero-order valence-corrected chi connectivity index (χ0v) is 14.2. The summed E-state index contributed by atoms with van der Waals surface area (Å²) in [5.74, 6) is -1.76. The lowest BCUT2D eigenvalue weighted by Gasteiger charge is -1.94. The van der Waals surface area contributed by atoms with E-state index in [1.54, 1.807) is 60.7 Å². The molecule has 0 bridgehead atoms. The Morgan fingerprint density at radius 1 is 0.840 bits per heavy atom. The van der Waals surface area contributed by atoms with Crippen molar-refractivity contribution in [2.75, 3.05) is 19.8 Å². The highest BCUT2D eigenvalue weighted by Crippen LogP contribution is 1.96. The molecule has 3 N–H and O–H groups in total. The molecule has 0 unspecified atom stereocenters. The molecule has 0 heterocycles. The molecule has 0 atom stereocenters. The van der Waals surface area contributed by atoms with E-state index in [2.05, 4.69) is 0 Å². The summed E-state index contributed by atoms with van der Waals surface area (Å²) in [5.41, 5.74) is 0.662. The number of aromatic carboxylic acids is 2. The van der Waals surface area contributed by atoms with Crippen molar-refractivity contribution in [1.29, 1.82) is 0 Å². The van der Waals surface area contributed by atoms with Crippen LogP contribution in [-0.4, -0.2) is 47.1 Å². The van der Waals surface area contributed by atoms with Gasteiger partial charge in [0.15, 0.2) is 0 Å². The predicted octanol–water partition coefficient (Wildman–Crippen LogP) is 3.17. The quantitative estimate of drug-likeness (QED) is 0.693. The Hall–Kier alpha value is -2.70. The second kappa shape index (κ2) is 14.9. The summed E-state index contributed by atoms with van der Waals surface area (Å²) in [6.07, 6.45) is 0.758. The molecule has 6 heteroatoms. The molecule has 0 saturated heterocycles. The van der Waals surface area contributed by atoms with E-state index in [0.29, 0.717) is 17.7 Å². The Balaban J connectivity index is 0.000000350. The van der Waals surface area contributed by atoms with Crippen LogP contribution in [0.1, 0.15) is 34.1 Å². The summed E-state index contributed by atoms with van der Waals surface area (Å²) >= 11 is 0. The monoisotopic (exact) mass is 348 g/mol. The number of benzene rings is 2. The van der Waals surface area contributed by atoms with Gasteiger partial charge < -0.3 is 20.1 Å². The molecule has 25 heavy (non-hydrogen) atoms. The summed E-state index contributed by atoms with van der Waals surface area (Å²) in [4.78, 5) is 20.4. The van der Waals surface area contributed by atoms with Gasteiger partial charge in [0.25, 0.3) is 0 Å². The van der Waals surface area contributed by atoms with Crippen molar-refractivity contribution in [3.63, 3.8) is 0 Å². The molecule has 2 rings (SSSR count). The molecule has 0 aliphatic carbocycles. The smallest absolute Gasteiger partial charge is 0.335 e. The minimum Gasteiger partial charge on any atom is -0.478 e. The van der Waals surface area contributed by atoms with E-state index in [1.165, 1.54) is 0 Å². The molecule has 0 saturated carbocycles. The van der Waals surface area contributed by atoms with E-state index < -0.39 is 11.9 Å². The average Bonchev–Trinajstić information content (AvgIpc) is 2.65. The molecule has 2 aromatic rings. The molecule has 0 aliphatic heterocycles. The third kappa shape index (κ3) is 12.4. The van der Waals surface area contributed by atoms with Crippen LogP contribution in [0, 0.1) is 0 Å². The van der Waals surface area contributed by atoms with Gasteiger partial charge in [-0.1, -0.05) is 36.4 Å². The normalized spacial score (nSPS) is 9.04. The van der Waals surface area contributed by atoms with Gasteiger partial charge >= 0.3 is 11.9 Å². The molecule has 0 amide bonds. The summed E-state index contributed by atoms with van der Waals surface area (Å²) in [6.45, 7) is 3.62. The molecule has 0 spiro atoms.